The largest absolute Gasteiger partial charge is 0.354 e. The van der Waals surface area contributed by atoms with Crippen molar-refractivity contribution in [2.45, 2.75) is 18.9 Å². The number of carbonyl (C=O) groups is 1. The van der Waals surface area contributed by atoms with Gasteiger partial charge in [-0.25, -0.2) is 0 Å². The summed E-state index contributed by atoms with van der Waals surface area (Å²) >= 11 is 6.12. The Morgan fingerprint density at radius 2 is 2.26 bits per heavy atom. The van der Waals surface area contributed by atoms with Gasteiger partial charge in [-0.15, -0.1) is 0 Å². The molecule has 0 spiro atoms. The molecule has 0 saturated heterocycles. The van der Waals surface area contributed by atoms with Crippen molar-refractivity contribution in [3.63, 3.8) is 0 Å². The number of hydrogen-bond donors (Lipinski definition) is 0. The molecule has 1 unspecified atom stereocenters. The highest BCUT2D eigenvalue weighted by molar-refractivity contribution is 6.30. The van der Waals surface area contributed by atoms with Gasteiger partial charge in [-0.1, -0.05) is 17.7 Å². The van der Waals surface area contributed by atoms with Gasteiger partial charge in [0.15, 0.2) is 0 Å². The minimum Gasteiger partial charge on any atom is -0.354 e. The Bertz CT molecular complexity index is 554. The van der Waals surface area contributed by atoms with Crippen LogP contribution in [-0.2, 0) is 4.79 Å². The number of rotatable bonds is 2. The van der Waals surface area contributed by atoms with Gasteiger partial charge in [-0.3, -0.25) is 4.79 Å². The second kappa shape index (κ2) is 4.75. The maximum absolute atomic E-state index is 12.2. The minimum absolute atomic E-state index is 0.0515. The molecule has 2 aliphatic rings. The van der Waals surface area contributed by atoms with Crippen molar-refractivity contribution in [3.8, 4) is 6.07 Å². The molecule has 1 aliphatic carbocycles. The zero-order valence-corrected chi connectivity index (χ0v) is 12.0. The molecule has 1 aliphatic heterocycles. The maximum Gasteiger partial charge on any atom is 0.255 e. The van der Waals surface area contributed by atoms with Crippen LogP contribution in [0.3, 0.4) is 0 Å². The lowest BCUT2D eigenvalue weighted by atomic mass is 9.82. The van der Waals surface area contributed by atoms with Crippen LogP contribution < -0.4 is 0 Å². The topological polar surface area (TPSA) is 47.3 Å². The van der Waals surface area contributed by atoms with Gasteiger partial charge in [0.1, 0.15) is 6.54 Å². The SMILES string of the molecule is CN(C)C(=O)C1=CN(CC#N)C2(C)CC(Cl)=CC=C12. The van der Waals surface area contributed by atoms with E-state index in [4.69, 9.17) is 16.9 Å². The van der Waals surface area contributed by atoms with E-state index in [1.54, 1.807) is 25.2 Å². The Balaban J connectivity index is 2.47. The third-order valence-corrected chi connectivity index (χ3v) is 3.87. The lowest BCUT2D eigenvalue weighted by Crippen LogP contribution is -2.42. The summed E-state index contributed by atoms with van der Waals surface area (Å²) in [5, 5.41) is 9.69. The molecule has 4 nitrogen and oxygen atoms in total. The van der Waals surface area contributed by atoms with Crippen molar-refractivity contribution in [3.05, 3.63) is 34.5 Å². The van der Waals surface area contributed by atoms with Crippen molar-refractivity contribution in [2.75, 3.05) is 20.6 Å². The molecule has 0 aromatic rings. The van der Waals surface area contributed by atoms with Crippen molar-refractivity contribution in [1.29, 1.82) is 5.26 Å². The average Bonchev–Trinajstić information content (AvgIpc) is 2.61. The lowest BCUT2D eigenvalue weighted by molar-refractivity contribution is -0.124. The van der Waals surface area contributed by atoms with Crippen LogP contribution in [0.15, 0.2) is 34.5 Å². The molecule has 100 valence electrons. The van der Waals surface area contributed by atoms with E-state index in [2.05, 4.69) is 6.07 Å². The summed E-state index contributed by atoms with van der Waals surface area (Å²) in [6.07, 6.45) is 6.10. The van der Waals surface area contributed by atoms with Crippen LogP contribution in [0, 0.1) is 11.3 Å². The predicted molar refractivity (Wildman–Crippen MR) is 74.1 cm³/mol. The van der Waals surface area contributed by atoms with E-state index in [0.29, 0.717) is 12.0 Å². The zero-order valence-electron chi connectivity index (χ0n) is 11.3. The number of amides is 1. The number of allylic oxidation sites excluding steroid dienone is 2. The smallest absolute Gasteiger partial charge is 0.255 e. The van der Waals surface area contributed by atoms with Crippen LogP contribution in [-0.4, -0.2) is 41.9 Å². The first-order valence-corrected chi connectivity index (χ1v) is 6.42. The highest BCUT2D eigenvalue weighted by Crippen LogP contribution is 2.44. The normalized spacial score (nSPS) is 25.0. The highest BCUT2D eigenvalue weighted by Gasteiger charge is 2.44. The van der Waals surface area contributed by atoms with Crippen molar-refractivity contribution < 1.29 is 4.79 Å². The second-order valence-corrected chi connectivity index (χ2v) is 5.66. The summed E-state index contributed by atoms with van der Waals surface area (Å²) < 4.78 is 0. The van der Waals surface area contributed by atoms with Gasteiger partial charge in [0, 0.05) is 31.7 Å². The number of fused-ring (bicyclic) bond motifs is 1. The van der Waals surface area contributed by atoms with E-state index in [9.17, 15) is 4.79 Å². The van der Waals surface area contributed by atoms with Gasteiger partial charge < -0.3 is 9.80 Å². The van der Waals surface area contributed by atoms with Gasteiger partial charge in [-0.05, 0) is 18.6 Å². The van der Waals surface area contributed by atoms with Crippen LogP contribution in [0.25, 0.3) is 0 Å². The Labute approximate surface area is 118 Å². The summed E-state index contributed by atoms with van der Waals surface area (Å²) in [7, 11) is 3.44. The summed E-state index contributed by atoms with van der Waals surface area (Å²) in [4.78, 5) is 15.7. The fraction of sp³-hybridized carbons (Fsp3) is 0.429. The molecular weight excluding hydrogens is 262 g/mol. The molecule has 5 heteroatoms. The molecule has 0 saturated carbocycles. The van der Waals surface area contributed by atoms with E-state index in [1.165, 1.54) is 0 Å². The number of nitriles is 1. The van der Waals surface area contributed by atoms with Gasteiger partial charge in [0.25, 0.3) is 5.91 Å². The van der Waals surface area contributed by atoms with Crippen molar-refractivity contribution in [1.82, 2.24) is 9.80 Å². The summed E-state index contributed by atoms with van der Waals surface area (Å²) in [6, 6.07) is 2.14. The molecule has 19 heavy (non-hydrogen) atoms. The van der Waals surface area contributed by atoms with E-state index in [0.717, 1.165) is 10.6 Å². The lowest BCUT2D eigenvalue weighted by Gasteiger charge is -2.37. The fourth-order valence-corrected chi connectivity index (χ4v) is 2.87. The first kappa shape index (κ1) is 13.7. The molecule has 1 atom stereocenters. The Hall–Kier alpha value is -1.73. The molecule has 1 amide bonds. The van der Waals surface area contributed by atoms with Gasteiger partial charge in [0.2, 0.25) is 0 Å². The summed E-state index contributed by atoms with van der Waals surface area (Å²) in [6.45, 7) is 2.25. The van der Waals surface area contributed by atoms with Gasteiger partial charge >= 0.3 is 0 Å². The second-order valence-electron chi connectivity index (χ2n) is 5.17. The number of nitrogens with zero attached hydrogens (tertiary/aromatic N) is 3. The van der Waals surface area contributed by atoms with Crippen LogP contribution >= 0.6 is 11.6 Å². The number of carbonyl (C=O) groups excluding carboxylic acids is 1. The van der Waals surface area contributed by atoms with E-state index in [1.807, 2.05) is 24.0 Å². The number of hydrogen-bond acceptors (Lipinski definition) is 3. The first-order valence-electron chi connectivity index (χ1n) is 6.04. The van der Waals surface area contributed by atoms with E-state index >= 15 is 0 Å². The first-order chi connectivity index (χ1) is 8.90. The molecule has 0 aromatic carbocycles. The monoisotopic (exact) mass is 277 g/mol. The van der Waals surface area contributed by atoms with Crippen molar-refractivity contribution >= 4 is 17.5 Å². The predicted octanol–water partition coefficient (Wildman–Crippen LogP) is 2.01. The third-order valence-electron chi connectivity index (χ3n) is 3.61. The van der Waals surface area contributed by atoms with Crippen LogP contribution in [0.4, 0.5) is 0 Å². The van der Waals surface area contributed by atoms with E-state index < -0.39 is 5.54 Å². The quantitative estimate of drug-likeness (QED) is 0.726. The average molecular weight is 278 g/mol. The molecular formula is C14H16ClN3O. The maximum atomic E-state index is 12.2. The Morgan fingerprint density at radius 3 is 2.84 bits per heavy atom. The fourth-order valence-electron chi connectivity index (χ4n) is 2.55. The van der Waals surface area contributed by atoms with Gasteiger partial charge in [0.05, 0.1) is 17.2 Å². The summed E-state index contributed by atoms with van der Waals surface area (Å²) in [5.74, 6) is -0.0515. The van der Waals surface area contributed by atoms with Crippen LogP contribution in [0.5, 0.6) is 0 Å². The molecule has 0 radical (unpaired) electrons. The Kier molecular flexibility index (Phi) is 3.42. The highest BCUT2D eigenvalue weighted by atomic mass is 35.5. The van der Waals surface area contributed by atoms with Crippen molar-refractivity contribution in [2.24, 2.45) is 0 Å². The standard InChI is InChI=1S/C14H16ClN3O/c1-14-8-10(15)4-5-12(14)11(13(19)17(2)3)9-18(14)7-6-16/h4-5,9H,7-8H2,1-3H3. The van der Waals surface area contributed by atoms with Crippen LogP contribution in [0.1, 0.15) is 13.3 Å². The molecule has 0 bridgehead atoms. The molecule has 1 heterocycles. The van der Waals surface area contributed by atoms with Crippen LogP contribution in [0.2, 0.25) is 0 Å². The molecule has 0 fully saturated rings. The number of likely N-dealkylation sites (N-methyl/N-ethyl adjacent to an activating group) is 1. The third kappa shape index (κ3) is 2.15. The molecule has 0 aromatic heterocycles. The molecule has 2 rings (SSSR count). The van der Waals surface area contributed by atoms with Gasteiger partial charge in [-0.2, -0.15) is 5.26 Å². The molecule has 0 N–H and O–H groups in total. The Morgan fingerprint density at radius 1 is 1.58 bits per heavy atom. The number of halogens is 1. The zero-order chi connectivity index (χ0) is 14.2. The minimum atomic E-state index is -0.400. The van der Waals surface area contributed by atoms with E-state index in [-0.39, 0.29) is 12.5 Å². The summed E-state index contributed by atoms with van der Waals surface area (Å²) in [5.41, 5.74) is 1.18.